The van der Waals surface area contributed by atoms with Gasteiger partial charge in [-0.2, -0.15) is 4.98 Å². The Bertz CT molecular complexity index is 402. The standard InChI is InChI=1S/C14H23FN4/c1-3-10-4-6-11(7-5-10)8-17-13-12(15)9-18-14(16-2)19-13/h9-11H,3-8H2,1-2H3,(H2,16,17,18,19). The Morgan fingerprint density at radius 3 is 2.58 bits per heavy atom. The summed E-state index contributed by atoms with van der Waals surface area (Å²) in [6.45, 7) is 3.06. The lowest BCUT2D eigenvalue weighted by molar-refractivity contribution is 0.278. The van der Waals surface area contributed by atoms with Crippen LogP contribution in [0.4, 0.5) is 16.2 Å². The molecule has 106 valence electrons. The Morgan fingerprint density at radius 2 is 1.95 bits per heavy atom. The third-order valence-corrected chi connectivity index (χ3v) is 4.07. The Hall–Kier alpha value is -1.39. The monoisotopic (exact) mass is 266 g/mol. The van der Waals surface area contributed by atoms with Gasteiger partial charge >= 0.3 is 0 Å². The van der Waals surface area contributed by atoms with E-state index in [1.54, 1.807) is 7.05 Å². The first kappa shape index (κ1) is 14.0. The van der Waals surface area contributed by atoms with E-state index >= 15 is 0 Å². The van der Waals surface area contributed by atoms with Crippen LogP contribution in [0.2, 0.25) is 0 Å². The molecule has 1 saturated carbocycles. The highest BCUT2D eigenvalue weighted by molar-refractivity contribution is 5.40. The summed E-state index contributed by atoms with van der Waals surface area (Å²) in [6.07, 6.45) is 7.56. The molecule has 5 heteroatoms. The van der Waals surface area contributed by atoms with Gasteiger partial charge in [0.25, 0.3) is 0 Å². The summed E-state index contributed by atoms with van der Waals surface area (Å²) in [7, 11) is 1.73. The lowest BCUT2D eigenvalue weighted by Crippen LogP contribution is -2.22. The Balaban J connectivity index is 1.85. The van der Waals surface area contributed by atoms with Crippen molar-refractivity contribution < 1.29 is 4.39 Å². The maximum atomic E-state index is 13.6. The number of halogens is 1. The van der Waals surface area contributed by atoms with Crippen molar-refractivity contribution in [1.29, 1.82) is 0 Å². The van der Waals surface area contributed by atoms with Crippen molar-refractivity contribution in [3.63, 3.8) is 0 Å². The first-order valence-electron chi connectivity index (χ1n) is 7.17. The first-order chi connectivity index (χ1) is 9.22. The number of hydrogen-bond acceptors (Lipinski definition) is 4. The number of rotatable bonds is 5. The molecule has 0 atom stereocenters. The SMILES string of the molecule is CCC1CCC(CNc2nc(NC)ncc2F)CC1. The zero-order valence-electron chi connectivity index (χ0n) is 11.7. The van der Waals surface area contributed by atoms with Crippen LogP contribution in [0.3, 0.4) is 0 Å². The maximum absolute atomic E-state index is 13.6. The van der Waals surface area contributed by atoms with Gasteiger partial charge in [-0.05, 0) is 24.7 Å². The summed E-state index contributed by atoms with van der Waals surface area (Å²) < 4.78 is 13.6. The highest BCUT2D eigenvalue weighted by Crippen LogP contribution is 2.30. The first-order valence-corrected chi connectivity index (χ1v) is 7.17. The van der Waals surface area contributed by atoms with Gasteiger partial charge in [-0.25, -0.2) is 9.37 Å². The molecule has 0 spiro atoms. The van der Waals surface area contributed by atoms with E-state index in [1.807, 2.05) is 0 Å². The van der Waals surface area contributed by atoms with Crippen LogP contribution < -0.4 is 10.6 Å². The van der Waals surface area contributed by atoms with Crippen molar-refractivity contribution in [1.82, 2.24) is 9.97 Å². The van der Waals surface area contributed by atoms with E-state index in [9.17, 15) is 4.39 Å². The molecule has 1 heterocycles. The predicted octanol–water partition coefficient (Wildman–Crippen LogP) is 3.29. The third kappa shape index (κ3) is 3.78. The van der Waals surface area contributed by atoms with Gasteiger partial charge in [-0.3, -0.25) is 0 Å². The number of anilines is 2. The minimum Gasteiger partial charge on any atom is -0.367 e. The van der Waals surface area contributed by atoms with Crippen molar-refractivity contribution in [3.8, 4) is 0 Å². The molecule has 1 aliphatic rings. The van der Waals surface area contributed by atoms with Crippen LogP contribution in [0, 0.1) is 17.7 Å². The molecule has 0 amide bonds. The van der Waals surface area contributed by atoms with Crippen molar-refractivity contribution in [2.75, 3.05) is 24.2 Å². The smallest absolute Gasteiger partial charge is 0.224 e. The molecule has 2 rings (SSSR count). The molecular weight excluding hydrogens is 243 g/mol. The predicted molar refractivity (Wildman–Crippen MR) is 75.8 cm³/mol. The van der Waals surface area contributed by atoms with Crippen molar-refractivity contribution in [3.05, 3.63) is 12.0 Å². The van der Waals surface area contributed by atoms with Gasteiger partial charge in [0.2, 0.25) is 5.95 Å². The normalized spacial score (nSPS) is 23.1. The van der Waals surface area contributed by atoms with E-state index in [1.165, 1.54) is 38.3 Å². The van der Waals surface area contributed by atoms with Gasteiger partial charge in [0, 0.05) is 13.6 Å². The molecule has 1 aromatic heterocycles. The number of aromatic nitrogens is 2. The average molecular weight is 266 g/mol. The molecule has 1 aromatic rings. The van der Waals surface area contributed by atoms with E-state index < -0.39 is 0 Å². The molecule has 0 aliphatic heterocycles. The molecule has 0 saturated heterocycles. The third-order valence-electron chi connectivity index (χ3n) is 4.07. The summed E-state index contributed by atoms with van der Waals surface area (Å²) in [5.41, 5.74) is 0. The van der Waals surface area contributed by atoms with Gasteiger partial charge in [0.1, 0.15) is 0 Å². The van der Waals surface area contributed by atoms with E-state index in [0.29, 0.717) is 17.7 Å². The van der Waals surface area contributed by atoms with Crippen molar-refractivity contribution in [2.24, 2.45) is 11.8 Å². The minimum absolute atomic E-state index is 0.303. The lowest BCUT2D eigenvalue weighted by atomic mass is 9.81. The van der Waals surface area contributed by atoms with Crippen LogP contribution >= 0.6 is 0 Å². The molecule has 4 nitrogen and oxygen atoms in total. The van der Waals surface area contributed by atoms with Crippen molar-refractivity contribution in [2.45, 2.75) is 39.0 Å². The van der Waals surface area contributed by atoms with Gasteiger partial charge in [0.05, 0.1) is 6.20 Å². The summed E-state index contributed by atoms with van der Waals surface area (Å²) in [6, 6.07) is 0. The van der Waals surface area contributed by atoms with Crippen LogP contribution in [0.25, 0.3) is 0 Å². The molecular formula is C14H23FN4. The van der Waals surface area contributed by atoms with Crippen LogP contribution in [-0.2, 0) is 0 Å². The molecule has 0 aromatic carbocycles. The molecule has 0 radical (unpaired) electrons. The summed E-state index contributed by atoms with van der Waals surface area (Å²) in [5, 5.41) is 5.94. The summed E-state index contributed by atoms with van der Waals surface area (Å²) in [5.74, 6) is 1.88. The fraction of sp³-hybridized carbons (Fsp3) is 0.714. The highest BCUT2D eigenvalue weighted by atomic mass is 19.1. The van der Waals surface area contributed by atoms with Crippen LogP contribution in [-0.4, -0.2) is 23.6 Å². The topological polar surface area (TPSA) is 49.8 Å². The fourth-order valence-electron chi connectivity index (χ4n) is 2.70. The van der Waals surface area contributed by atoms with Gasteiger partial charge in [-0.1, -0.05) is 26.2 Å². The lowest BCUT2D eigenvalue weighted by Gasteiger charge is -2.28. The minimum atomic E-state index is -0.388. The quantitative estimate of drug-likeness (QED) is 0.858. The maximum Gasteiger partial charge on any atom is 0.224 e. The van der Waals surface area contributed by atoms with Crippen LogP contribution in [0.5, 0.6) is 0 Å². The van der Waals surface area contributed by atoms with E-state index in [0.717, 1.165) is 12.5 Å². The number of hydrogen-bond donors (Lipinski definition) is 2. The largest absolute Gasteiger partial charge is 0.367 e. The molecule has 1 fully saturated rings. The number of nitrogens with zero attached hydrogens (tertiary/aromatic N) is 2. The van der Waals surface area contributed by atoms with E-state index in [2.05, 4.69) is 27.5 Å². The van der Waals surface area contributed by atoms with E-state index in [4.69, 9.17) is 0 Å². The zero-order chi connectivity index (χ0) is 13.7. The fourth-order valence-corrected chi connectivity index (χ4v) is 2.70. The van der Waals surface area contributed by atoms with Gasteiger partial charge in [0.15, 0.2) is 11.6 Å². The molecule has 2 N–H and O–H groups in total. The Morgan fingerprint density at radius 1 is 1.26 bits per heavy atom. The second-order valence-corrected chi connectivity index (χ2v) is 5.32. The molecule has 19 heavy (non-hydrogen) atoms. The number of nitrogens with one attached hydrogen (secondary N) is 2. The van der Waals surface area contributed by atoms with Crippen LogP contribution in [0.1, 0.15) is 39.0 Å². The second kappa shape index (κ2) is 6.68. The van der Waals surface area contributed by atoms with Crippen molar-refractivity contribution >= 4 is 11.8 Å². The van der Waals surface area contributed by atoms with Gasteiger partial charge < -0.3 is 10.6 Å². The Kier molecular flexibility index (Phi) is 4.93. The zero-order valence-corrected chi connectivity index (χ0v) is 11.7. The summed E-state index contributed by atoms with van der Waals surface area (Å²) in [4.78, 5) is 7.93. The molecule has 0 unspecified atom stereocenters. The van der Waals surface area contributed by atoms with Gasteiger partial charge in [-0.15, -0.1) is 0 Å². The second-order valence-electron chi connectivity index (χ2n) is 5.32. The average Bonchev–Trinajstić information content (AvgIpc) is 2.47. The molecule has 1 aliphatic carbocycles. The highest BCUT2D eigenvalue weighted by Gasteiger charge is 2.20. The Labute approximate surface area is 114 Å². The van der Waals surface area contributed by atoms with Crippen LogP contribution in [0.15, 0.2) is 6.20 Å². The summed E-state index contributed by atoms with van der Waals surface area (Å²) >= 11 is 0. The van der Waals surface area contributed by atoms with E-state index in [-0.39, 0.29) is 5.82 Å². The molecule has 0 bridgehead atoms.